The van der Waals surface area contributed by atoms with Crippen molar-refractivity contribution in [2.75, 3.05) is 6.54 Å². The van der Waals surface area contributed by atoms with Gasteiger partial charge in [0.25, 0.3) is 0 Å². The van der Waals surface area contributed by atoms with Crippen molar-refractivity contribution in [2.24, 2.45) is 23.5 Å². The predicted octanol–water partition coefficient (Wildman–Crippen LogP) is 3.08. The van der Waals surface area contributed by atoms with E-state index in [-0.39, 0.29) is 17.4 Å². The molecule has 0 saturated heterocycles. The molecule has 0 aromatic heterocycles. The maximum atomic E-state index is 12.3. The monoisotopic (exact) mass is 268 g/mol. The molecule has 0 aromatic carbocycles. The van der Waals surface area contributed by atoms with Crippen LogP contribution in [0.2, 0.25) is 0 Å². The molecule has 3 heteroatoms. The second kappa shape index (κ2) is 7.28. The molecule has 1 saturated carbocycles. The standard InChI is InChI=1S/C16H32N2O/c1-12(2)10-16(4,11-17)18-15(19)13(3)9-14-7-5-6-8-14/h12-14H,5-11,17H2,1-4H3,(H,18,19). The Morgan fingerprint density at radius 1 is 1.32 bits per heavy atom. The normalized spacial score (nSPS) is 21.4. The van der Waals surface area contributed by atoms with E-state index in [4.69, 9.17) is 5.73 Å². The van der Waals surface area contributed by atoms with Gasteiger partial charge in [-0.05, 0) is 31.6 Å². The maximum absolute atomic E-state index is 12.3. The van der Waals surface area contributed by atoms with Crippen LogP contribution in [0.3, 0.4) is 0 Å². The van der Waals surface area contributed by atoms with Crippen LogP contribution in [-0.4, -0.2) is 18.0 Å². The van der Waals surface area contributed by atoms with Crippen molar-refractivity contribution < 1.29 is 4.79 Å². The lowest BCUT2D eigenvalue weighted by Crippen LogP contribution is -2.53. The van der Waals surface area contributed by atoms with Gasteiger partial charge in [0, 0.05) is 18.0 Å². The summed E-state index contributed by atoms with van der Waals surface area (Å²) in [5, 5.41) is 3.18. The molecule has 1 amide bonds. The smallest absolute Gasteiger partial charge is 0.223 e. The van der Waals surface area contributed by atoms with Crippen molar-refractivity contribution in [1.29, 1.82) is 0 Å². The van der Waals surface area contributed by atoms with Crippen LogP contribution in [0, 0.1) is 17.8 Å². The van der Waals surface area contributed by atoms with Gasteiger partial charge in [-0.15, -0.1) is 0 Å². The largest absolute Gasteiger partial charge is 0.349 e. The van der Waals surface area contributed by atoms with E-state index in [9.17, 15) is 4.79 Å². The highest BCUT2D eigenvalue weighted by atomic mass is 16.2. The zero-order valence-electron chi connectivity index (χ0n) is 13.2. The summed E-state index contributed by atoms with van der Waals surface area (Å²) in [6, 6.07) is 0. The first-order valence-corrected chi connectivity index (χ1v) is 7.88. The fraction of sp³-hybridized carbons (Fsp3) is 0.938. The van der Waals surface area contributed by atoms with Gasteiger partial charge >= 0.3 is 0 Å². The molecule has 1 rings (SSSR count). The quantitative estimate of drug-likeness (QED) is 0.745. The summed E-state index contributed by atoms with van der Waals surface area (Å²) in [6.07, 6.45) is 7.26. The number of carbonyl (C=O) groups is 1. The van der Waals surface area contributed by atoms with Gasteiger partial charge in [-0.25, -0.2) is 0 Å². The minimum Gasteiger partial charge on any atom is -0.349 e. The third kappa shape index (κ3) is 5.52. The lowest BCUT2D eigenvalue weighted by atomic mass is 9.88. The fourth-order valence-corrected chi connectivity index (χ4v) is 3.36. The van der Waals surface area contributed by atoms with E-state index in [1.165, 1.54) is 25.7 Å². The topological polar surface area (TPSA) is 55.1 Å². The van der Waals surface area contributed by atoms with Crippen LogP contribution in [0.5, 0.6) is 0 Å². The first-order chi connectivity index (χ1) is 8.86. The number of nitrogens with one attached hydrogen (secondary N) is 1. The summed E-state index contributed by atoms with van der Waals surface area (Å²) in [7, 11) is 0. The average Bonchev–Trinajstić information content (AvgIpc) is 2.80. The molecule has 0 spiro atoms. The van der Waals surface area contributed by atoms with E-state index in [2.05, 4.69) is 33.0 Å². The second-order valence-corrected chi connectivity index (χ2v) is 7.14. The van der Waals surface area contributed by atoms with Crippen molar-refractivity contribution in [1.82, 2.24) is 5.32 Å². The zero-order chi connectivity index (χ0) is 14.5. The van der Waals surface area contributed by atoms with E-state index in [0.29, 0.717) is 12.5 Å². The minimum atomic E-state index is -0.255. The van der Waals surface area contributed by atoms with Crippen LogP contribution in [-0.2, 0) is 4.79 Å². The predicted molar refractivity (Wildman–Crippen MR) is 80.8 cm³/mol. The summed E-state index contributed by atoms with van der Waals surface area (Å²) in [4.78, 5) is 12.3. The number of hydrogen-bond acceptors (Lipinski definition) is 2. The molecule has 112 valence electrons. The van der Waals surface area contributed by atoms with Crippen molar-refractivity contribution in [3.8, 4) is 0 Å². The highest BCUT2D eigenvalue weighted by Crippen LogP contribution is 2.30. The molecular weight excluding hydrogens is 236 g/mol. The van der Waals surface area contributed by atoms with Gasteiger partial charge in [-0.3, -0.25) is 4.79 Å². The van der Waals surface area contributed by atoms with Gasteiger partial charge in [-0.2, -0.15) is 0 Å². The van der Waals surface area contributed by atoms with Crippen LogP contribution in [0.15, 0.2) is 0 Å². The van der Waals surface area contributed by atoms with Gasteiger partial charge in [-0.1, -0.05) is 46.5 Å². The summed E-state index contributed by atoms with van der Waals surface area (Å²) in [6.45, 7) is 8.96. The van der Waals surface area contributed by atoms with Crippen LogP contribution >= 0.6 is 0 Å². The molecule has 0 bridgehead atoms. The molecule has 2 atom stereocenters. The number of amides is 1. The Morgan fingerprint density at radius 3 is 2.37 bits per heavy atom. The van der Waals surface area contributed by atoms with Crippen LogP contribution in [0.4, 0.5) is 0 Å². The molecule has 1 aliphatic carbocycles. The lowest BCUT2D eigenvalue weighted by Gasteiger charge is -2.32. The van der Waals surface area contributed by atoms with Crippen molar-refractivity contribution in [3.05, 3.63) is 0 Å². The molecule has 3 N–H and O–H groups in total. The van der Waals surface area contributed by atoms with Gasteiger partial charge in [0.1, 0.15) is 0 Å². The molecule has 1 aliphatic rings. The molecule has 3 nitrogen and oxygen atoms in total. The van der Waals surface area contributed by atoms with Crippen molar-refractivity contribution >= 4 is 5.91 Å². The minimum absolute atomic E-state index is 0.112. The maximum Gasteiger partial charge on any atom is 0.223 e. The molecular formula is C16H32N2O. The highest BCUT2D eigenvalue weighted by Gasteiger charge is 2.29. The first kappa shape index (κ1) is 16.5. The number of carbonyl (C=O) groups excluding carboxylic acids is 1. The summed E-state index contributed by atoms with van der Waals surface area (Å²) >= 11 is 0. The first-order valence-electron chi connectivity index (χ1n) is 7.88. The van der Waals surface area contributed by atoms with E-state index < -0.39 is 0 Å². The van der Waals surface area contributed by atoms with Gasteiger partial charge in [0.05, 0.1) is 0 Å². The molecule has 0 aromatic rings. The second-order valence-electron chi connectivity index (χ2n) is 7.14. The molecule has 0 aliphatic heterocycles. The third-order valence-electron chi connectivity index (χ3n) is 4.34. The van der Waals surface area contributed by atoms with Crippen molar-refractivity contribution in [2.45, 2.75) is 71.8 Å². The number of nitrogens with two attached hydrogens (primary N) is 1. The molecule has 0 heterocycles. The van der Waals surface area contributed by atoms with Gasteiger partial charge in [0.15, 0.2) is 0 Å². The molecule has 2 unspecified atom stereocenters. The fourth-order valence-electron chi connectivity index (χ4n) is 3.36. The Balaban J connectivity index is 2.46. The SMILES string of the molecule is CC(C)CC(C)(CN)NC(=O)C(C)CC1CCCC1. The number of rotatable bonds is 7. The Kier molecular flexibility index (Phi) is 6.31. The summed E-state index contributed by atoms with van der Waals surface area (Å²) < 4.78 is 0. The summed E-state index contributed by atoms with van der Waals surface area (Å²) in [5.74, 6) is 1.59. The van der Waals surface area contributed by atoms with Crippen molar-refractivity contribution in [3.63, 3.8) is 0 Å². The van der Waals surface area contributed by atoms with E-state index in [0.717, 1.165) is 18.8 Å². The van der Waals surface area contributed by atoms with E-state index >= 15 is 0 Å². The van der Waals surface area contributed by atoms with E-state index in [1.807, 2.05) is 0 Å². The highest BCUT2D eigenvalue weighted by molar-refractivity contribution is 5.79. The Labute approximate surface area is 118 Å². The van der Waals surface area contributed by atoms with Gasteiger partial charge in [0.2, 0.25) is 5.91 Å². The van der Waals surface area contributed by atoms with E-state index in [1.54, 1.807) is 0 Å². The molecule has 19 heavy (non-hydrogen) atoms. The summed E-state index contributed by atoms with van der Waals surface area (Å²) in [5.41, 5.74) is 5.60. The lowest BCUT2D eigenvalue weighted by molar-refractivity contribution is -0.126. The van der Waals surface area contributed by atoms with Gasteiger partial charge < -0.3 is 11.1 Å². The third-order valence-corrected chi connectivity index (χ3v) is 4.34. The zero-order valence-corrected chi connectivity index (χ0v) is 13.2. The van der Waals surface area contributed by atoms with Crippen LogP contribution in [0.1, 0.15) is 66.2 Å². The molecule has 1 fully saturated rings. The van der Waals surface area contributed by atoms with Crippen LogP contribution in [0.25, 0.3) is 0 Å². The van der Waals surface area contributed by atoms with Crippen LogP contribution < -0.4 is 11.1 Å². The number of hydrogen-bond donors (Lipinski definition) is 2. The average molecular weight is 268 g/mol. The molecule has 0 radical (unpaired) electrons. The Hall–Kier alpha value is -0.570. The Morgan fingerprint density at radius 2 is 1.89 bits per heavy atom. The Bertz CT molecular complexity index is 284.